The summed E-state index contributed by atoms with van der Waals surface area (Å²) < 4.78 is 2.01. The highest BCUT2D eigenvalue weighted by Gasteiger charge is 2.34. The summed E-state index contributed by atoms with van der Waals surface area (Å²) in [6, 6.07) is 10.2. The second-order valence-corrected chi connectivity index (χ2v) is 5.77. The zero-order valence-corrected chi connectivity index (χ0v) is 12.5. The third-order valence-electron chi connectivity index (χ3n) is 3.96. The fourth-order valence-electron chi connectivity index (χ4n) is 2.87. The van der Waals surface area contributed by atoms with Gasteiger partial charge in [0.05, 0.1) is 12.4 Å². The molecule has 0 bridgehead atoms. The summed E-state index contributed by atoms with van der Waals surface area (Å²) in [6.45, 7) is 1.45. The Morgan fingerprint density at radius 1 is 1.33 bits per heavy atom. The molecule has 1 aliphatic rings. The number of carbonyl (C=O) groups is 1. The van der Waals surface area contributed by atoms with Crippen molar-refractivity contribution in [1.82, 2.24) is 14.5 Å². The SMILES string of the molecule is O=C1CC(CCl)CN1C(Cn1ccnc1)c1ccccc1. The Balaban J connectivity index is 1.87. The van der Waals surface area contributed by atoms with Gasteiger partial charge in [0.2, 0.25) is 5.91 Å². The van der Waals surface area contributed by atoms with Crippen LogP contribution in [0, 0.1) is 5.92 Å². The second kappa shape index (κ2) is 6.31. The molecule has 2 heterocycles. The van der Waals surface area contributed by atoms with E-state index in [0.717, 1.165) is 12.1 Å². The molecule has 1 aliphatic heterocycles. The maximum atomic E-state index is 12.3. The highest BCUT2D eigenvalue weighted by molar-refractivity contribution is 6.18. The molecule has 110 valence electrons. The monoisotopic (exact) mass is 303 g/mol. The minimum atomic E-state index is 0.0288. The maximum Gasteiger partial charge on any atom is 0.223 e. The molecule has 1 saturated heterocycles. The van der Waals surface area contributed by atoms with Gasteiger partial charge in [-0.1, -0.05) is 30.3 Å². The first-order chi connectivity index (χ1) is 10.3. The highest BCUT2D eigenvalue weighted by Crippen LogP contribution is 2.30. The Labute approximate surface area is 129 Å². The zero-order chi connectivity index (χ0) is 14.7. The van der Waals surface area contributed by atoms with Crippen LogP contribution in [-0.4, -0.2) is 32.8 Å². The Hall–Kier alpha value is -1.81. The van der Waals surface area contributed by atoms with Gasteiger partial charge in [0.1, 0.15) is 0 Å². The van der Waals surface area contributed by atoms with E-state index in [1.807, 2.05) is 33.9 Å². The van der Waals surface area contributed by atoms with Gasteiger partial charge in [0.25, 0.3) is 0 Å². The summed E-state index contributed by atoms with van der Waals surface area (Å²) in [6.07, 6.45) is 6.03. The van der Waals surface area contributed by atoms with Gasteiger partial charge >= 0.3 is 0 Å². The topological polar surface area (TPSA) is 38.1 Å². The predicted molar refractivity (Wildman–Crippen MR) is 82.0 cm³/mol. The number of likely N-dealkylation sites (tertiary alicyclic amines) is 1. The normalized spacial score (nSPS) is 20.0. The smallest absolute Gasteiger partial charge is 0.223 e. The van der Waals surface area contributed by atoms with E-state index in [4.69, 9.17) is 11.6 Å². The molecule has 3 rings (SSSR count). The molecule has 1 aromatic carbocycles. The van der Waals surface area contributed by atoms with Gasteiger partial charge < -0.3 is 9.47 Å². The van der Waals surface area contributed by atoms with Crippen LogP contribution < -0.4 is 0 Å². The van der Waals surface area contributed by atoms with Crippen molar-refractivity contribution in [2.45, 2.75) is 19.0 Å². The van der Waals surface area contributed by atoms with Gasteiger partial charge in [0, 0.05) is 37.8 Å². The van der Waals surface area contributed by atoms with Crippen LogP contribution in [0.5, 0.6) is 0 Å². The molecule has 1 fully saturated rings. The molecular weight excluding hydrogens is 286 g/mol. The van der Waals surface area contributed by atoms with Crippen LogP contribution in [0.25, 0.3) is 0 Å². The van der Waals surface area contributed by atoms with Crippen molar-refractivity contribution in [2.75, 3.05) is 12.4 Å². The summed E-state index contributed by atoms with van der Waals surface area (Å²) in [5, 5.41) is 0. The molecule has 0 spiro atoms. The first-order valence-corrected chi connectivity index (χ1v) is 7.67. The number of carbonyl (C=O) groups excluding carboxylic acids is 1. The molecule has 2 atom stereocenters. The Kier molecular flexibility index (Phi) is 4.25. The van der Waals surface area contributed by atoms with E-state index < -0.39 is 0 Å². The lowest BCUT2D eigenvalue weighted by molar-refractivity contribution is -0.130. The molecule has 4 nitrogen and oxygen atoms in total. The predicted octanol–water partition coefficient (Wildman–Crippen LogP) is 2.71. The molecule has 0 saturated carbocycles. The molecule has 0 N–H and O–H groups in total. The lowest BCUT2D eigenvalue weighted by Crippen LogP contribution is -2.33. The quantitative estimate of drug-likeness (QED) is 0.797. The fraction of sp³-hybridized carbons (Fsp3) is 0.375. The minimum Gasteiger partial charge on any atom is -0.335 e. The van der Waals surface area contributed by atoms with Gasteiger partial charge in [-0.05, 0) is 11.5 Å². The molecule has 5 heteroatoms. The average molecular weight is 304 g/mol. The number of alkyl halides is 1. The number of rotatable bonds is 5. The van der Waals surface area contributed by atoms with Crippen molar-refractivity contribution < 1.29 is 4.79 Å². The summed E-state index contributed by atoms with van der Waals surface area (Å²) >= 11 is 5.94. The number of nitrogens with zero attached hydrogens (tertiary/aromatic N) is 3. The van der Waals surface area contributed by atoms with Crippen LogP contribution in [-0.2, 0) is 11.3 Å². The number of hydrogen-bond acceptors (Lipinski definition) is 2. The van der Waals surface area contributed by atoms with Crippen molar-refractivity contribution in [3.05, 3.63) is 54.6 Å². The van der Waals surface area contributed by atoms with E-state index in [1.54, 1.807) is 12.5 Å². The number of hydrogen-bond donors (Lipinski definition) is 0. The molecule has 21 heavy (non-hydrogen) atoms. The van der Waals surface area contributed by atoms with E-state index in [1.165, 1.54) is 0 Å². The summed E-state index contributed by atoms with van der Waals surface area (Å²) in [5.74, 6) is 0.984. The van der Waals surface area contributed by atoms with Crippen molar-refractivity contribution in [3.63, 3.8) is 0 Å². The molecule has 1 aromatic heterocycles. The Morgan fingerprint density at radius 3 is 2.76 bits per heavy atom. The number of aromatic nitrogens is 2. The van der Waals surface area contributed by atoms with Gasteiger partial charge in [-0.25, -0.2) is 4.98 Å². The number of imidazole rings is 1. The van der Waals surface area contributed by atoms with E-state index >= 15 is 0 Å². The fourth-order valence-corrected chi connectivity index (χ4v) is 3.07. The Morgan fingerprint density at radius 2 is 2.14 bits per heavy atom. The minimum absolute atomic E-state index is 0.0288. The standard InChI is InChI=1S/C16H18ClN3O/c17-9-13-8-16(21)20(10-13)15(11-19-7-6-18-12-19)14-4-2-1-3-5-14/h1-7,12-13,15H,8-11H2. The van der Waals surface area contributed by atoms with Gasteiger partial charge in [0.15, 0.2) is 0 Å². The van der Waals surface area contributed by atoms with Crippen LogP contribution in [0.15, 0.2) is 49.1 Å². The van der Waals surface area contributed by atoms with Crippen LogP contribution in [0.2, 0.25) is 0 Å². The van der Waals surface area contributed by atoms with Gasteiger partial charge in [-0.15, -0.1) is 11.6 Å². The van der Waals surface area contributed by atoms with Crippen LogP contribution in [0.3, 0.4) is 0 Å². The summed E-state index contributed by atoms with van der Waals surface area (Å²) in [7, 11) is 0. The molecule has 2 aromatic rings. The molecule has 2 unspecified atom stereocenters. The van der Waals surface area contributed by atoms with Gasteiger partial charge in [-0.3, -0.25) is 4.79 Å². The van der Waals surface area contributed by atoms with E-state index in [-0.39, 0.29) is 17.9 Å². The maximum absolute atomic E-state index is 12.3. The first kappa shape index (κ1) is 14.1. The van der Waals surface area contributed by atoms with E-state index in [2.05, 4.69) is 17.1 Å². The third kappa shape index (κ3) is 3.10. The largest absolute Gasteiger partial charge is 0.335 e. The summed E-state index contributed by atoms with van der Waals surface area (Å²) in [5.41, 5.74) is 1.15. The zero-order valence-electron chi connectivity index (χ0n) is 11.7. The average Bonchev–Trinajstić information content (AvgIpc) is 3.15. The van der Waals surface area contributed by atoms with Crippen molar-refractivity contribution >= 4 is 17.5 Å². The van der Waals surface area contributed by atoms with Crippen LogP contribution in [0.4, 0.5) is 0 Å². The third-order valence-corrected chi connectivity index (χ3v) is 4.40. The molecule has 0 aliphatic carbocycles. The number of benzene rings is 1. The number of amides is 1. The molecule has 1 amide bonds. The second-order valence-electron chi connectivity index (χ2n) is 5.46. The lowest BCUT2D eigenvalue weighted by atomic mass is 10.1. The first-order valence-electron chi connectivity index (χ1n) is 7.14. The molecular formula is C16H18ClN3O. The van der Waals surface area contributed by atoms with Gasteiger partial charge in [-0.2, -0.15) is 0 Å². The Bertz CT molecular complexity index is 585. The van der Waals surface area contributed by atoms with E-state index in [0.29, 0.717) is 18.8 Å². The summed E-state index contributed by atoms with van der Waals surface area (Å²) in [4.78, 5) is 18.4. The van der Waals surface area contributed by atoms with Crippen molar-refractivity contribution in [3.8, 4) is 0 Å². The van der Waals surface area contributed by atoms with Crippen molar-refractivity contribution in [1.29, 1.82) is 0 Å². The van der Waals surface area contributed by atoms with Crippen LogP contribution >= 0.6 is 11.6 Å². The van der Waals surface area contributed by atoms with Crippen molar-refractivity contribution in [2.24, 2.45) is 5.92 Å². The lowest BCUT2D eigenvalue weighted by Gasteiger charge is -2.29. The highest BCUT2D eigenvalue weighted by atomic mass is 35.5. The van der Waals surface area contributed by atoms with E-state index in [9.17, 15) is 4.79 Å². The van der Waals surface area contributed by atoms with Crippen LogP contribution in [0.1, 0.15) is 18.0 Å². The molecule has 0 radical (unpaired) electrons. The number of halogens is 1.